The molecule has 0 amide bonds. The highest BCUT2D eigenvalue weighted by Crippen LogP contribution is 2.37. The van der Waals surface area contributed by atoms with E-state index in [1.807, 2.05) is 19.1 Å². The van der Waals surface area contributed by atoms with Crippen LogP contribution in [0.2, 0.25) is 0 Å². The van der Waals surface area contributed by atoms with Gasteiger partial charge in [-0.05, 0) is 61.4 Å². The Morgan fingerprint density at radius 3 is 2.62 bits per heavy atom. The minimum Gasteiger partial charge on any atom is -0.494 e. The molecule has 0 atom stereocenters. The van der Waals surface area contributed by atoms with E-state index < -0.39 is 5.60 Å². The summed E-state index contributed by atoms with van der Waals surface area (Å²) in [5.41, 5.74) is 2.81. The zero-order valence-electron chi connectivity index (χ0n) is 19.7. The van der Waals surface area contributed by atoms with Gasteiger partial charge < -0.3 is 24.3 Å². The molecule has 0 saturated heterocycles. The van der Waals surface area contributed by atoms with Crippen molar-refractivity contribution in [3.8, 4) is 17.3 Å². The number of benzene rings is 1. The highest BCUT2D eigenvalue weighted by Gasteiger charge is 2.43. The maximum atomic E-state index is 10.3. The summed E-state index contributed by atoms with van der Waals surface area (Å²) in [6.07, 6.45) is 1.14. The smallest absolute Gasteiger partial charge is 0.316 e. The molecule has 1 aromatic carbocycles. The number of nitrogens with one attached hydrogen (secondary N) is 1. The SMILES string of the molecule is CCOc1cc(C(C)(C)C)c2nc(-c3nnc(N[C@H]4C[C@@](O)(COC)C4)o3)cc(C)c2c1. The predicted molar refractivity (Wildman–Crippen MR) is 123 cm³/mol. The summed E-state index contributed by atoms with van der Waals surface area (Å²) >= 11 is 0. The molecule has 2 heterocycles. The largest absolute Gasteiger partial charge is 0.494 e. The third-order valence-electron chi connectivity index (χ3n) is 5.85. The standard InChI is InChI=1S/C24H32N4O4/c1-7-31-16-9-17-14(2)8-19(26-20(17)18(10-16)23(3,4)5)21-27-28-22(32-21)25-15-11-24(29,12-15)13-30-6/h8-10,15,29H,7,11-13H2,1-6H3,(H,25,28)/t15-,24-. The number of hydrogen-bond acceptors (Lipinski definition) is 8. The van der Waals surface area contributed by atoms with Gasteiger partial charge in [-0.2, -0.15) is 0 Å². The summed E-state index contributed by atoms with van der Waals surface area (Å²) in [7, 11) is 1.59. The van der Waals surface area contributed by atoms with Crippen molar-refractivity contribution < 1.29 is 19.0 Å². The lowest BCUT2D eigenvalue weighted by atomic mass is 9.76. The lowest BCUT2D eigenvalue weighted by molar-refractivity contribution is -0.0914. The van der Waals surface area contributed by atoms with E-state index in [-0.39, 0.29) is 11.5 Å². The lowest BCUT2D eigenvalue weighted by Crippen LogP contribution is -2.53. The van der Waals surface area contributed by atoms with Crippen LogP contribution < -0.4 is 10.1 Å². The van der Waals surface area contributed by atoms with Gasteiger partial charge in [0.05, 0.1) is 24.3 Å². The van der Waals surface area contributed by atoms with Crippen LogP contribution in [0.25, 0.3) is 22.5 Å². The summed E-state index contributed by atoms with van der Waals surface area (Å²) in [6, 6.07) is 6.47. The second-order valence-corrected chi connectivity index (χ2v) is 9.69. The molecule has 0 unspecified atom stereocenters. The Kier molecular flexibility index (Phi) is 5.85. The molecular weight excluding hydrogens is 408 g/mol. The molecule has 3 aromatic rings. The zero-order valence-corrected chi connectivity index (χ0v) is 19.7. The molecule has 1 aliphatic carbocycles. The van der Waals surface area contributed by atoms with Gasteiger partial charge in [0.15, 0.2) is 0 Å². The number of ether oxygens (including phenoxy) is 2. The van der Waals surface area contributed by atoms with Crippen LogP contribution in [-0.4, -0.2) is 52.3 Å². The third kappa shape index (κ3) is 4.42. The maximum absolute atomic E-state index is 10.3. The van der Waals surface area contributed by atoms with Gasteiger partial charge in [-0.3, -0.25) is 0 Å². The van der Waals surface area contributed by atoms with Gasteiger partial charge in [-0.15, -0.1) is 5.10 Å². The minimum absolute atomic E-state index is 0.0687. The number of methoxy groups -OCH3 is 1. The fourth-order valence-corrected chi connectivity index (χ4v) is 4.30. The van der Waals surface area contributed by atoms with Crippen molar-refractivity contribution in [2.45, 2.75) is 64.5 Å². The molecule has 2 aromatic heterocycles. The fraction of sp³-hybridized carbons (Fsp3) is 0.542. The molecule has 0 bridgehead atoms. The van der Waals surface area contributed by atoms with Crippen LogP contribution in [0.1, 0.15) is 51.7 Å². The van der Waals surface area contributed by atoms with Crippen molar-refractivity contribution >= 4 is 16.9 Å². The van der Waals surface area contributed by atoms with E-state index in [9.17, 15) is 5.11 Å². The highest BCUT2D eigenvalue weighted by molar-refractivity contribution is 5.89. The molecular formula is C24H32N4O4. The van der Waals surface area contributed by atoms with E-state index in [2.05, 4.69) is 49.3 Å². The maximum Gasteiger partial charge on any atom is 0.316 e. The zero-order chi connectivity index (χ0) is 23.1. The Hall–Kier alpha value is -2.71. The van der Waals surface area contributed by atoms with Crippen LogP contribution in [0.4, 0.5) is 6.01 Å². The van der Waals surface area contributed by atoms with E-state index in [0.717, 1.165) is 27.8 Å². The van der Waals surface area contributed by atoms with Crippen molar-refractivity contribution in [2.75, 3.05) is 25.6 Å². The average molecular weight is 441 g/mol. The van der Waals surface area contributed by atoms with Gasteiger partial charge in [0.1, 0.15) is 11.4 Å². The van der Waals surface area contributed by atoms with E-state index in [4.69, 9.17) is 18.9 Å². The Balaban J connectivity index is 1.64. The molecule has 8 heteroatoms. The molecule has 0 radical (unpaired) electrons. The van der Waals surface area contributed by atoms with Gasteiger partial charge in [0, 0.05) is 18.5 Å². The lowest BCUT2D eigenvalue weighted by Gasteiger charge is -2.42. The summed E-state index contributed by atoms with van der Waals surface area (Å²) < 4.78 is 16.7. The van der Waals surface area contributed by atoms with Gasteiger partial charge in [-0.1, -0.05) is 25.9 Å². The number of aliphatic hydroxyl groups is 1. The first-order chi connectivity index (χ1) is 15.1. The summed E-state index contributed by atoms with van der Waals surface area (Å²) in [6.45, 7) is 11.5. The predicted octanol–water partition coefficient (Wildman–Crippen LogP) is 4.24. The number of hydrogen-bond donors (Lipinski definition) is 2. The molecule has 2 N–H and O–H groups in total. The minimum atomic E-state index is -0.782. The molecule has 1 aliphatic rings. The van der Waals surface area contributed by atoms with Crippen molar-refractivity contribution in [2.24, 2.45) is 0 Å². The van der Waals surface area contributed by atoms with Crippen molar-refractivity contribution in [1.29, 1.82) is 0 Å². The van der Waals surface area contributed by atoms with Crippen LogP contribution in [0.5, 0.6) is 5.75 Å². The quantitative estimate of drug-likeness (QED) is 0.562. The number of fused-ring (bicyclic) bond motifs is 1. The number of aryl methyl sites for hydroxylation is 1. The first kappa shape index (κ1) is 22.5. The van der Waals surface area contributed by atoms with Crippen molar-refractivity contribution in [1.82, 2.24) is 15.2 Å². The Morgan fingerprint density at radius 1 is 1.22 bits per heavy atom. The van der Waals surface area contributed by atoms with Crippen LogP contribution in [0, 0.1) is 6.92 Å². The Morgan fingerprint density at radius 2 is 1.97 bits per heavy atom. The van der Waals surface area contributed by atoms with Gasteiger partial charge in [0.25, 0.3) is 5.89 Å². The summed E-state index contributed by atoms with van der Waals surface area (Å²) in [4.78, 5) is 4.91. The second-order valence-electron chi connectivity index (χ2n) is 9.69. The topological polar surface area (TPSA) is 103 Å². The molecule has 32 heavy (non-hydrogen) atoms. The first-order valence-electron chi connectivity index (χ1n) is 11.0. The average Bonchev–Trinajstić information content (AvgIpc) is 3.15. The molecule has 8 nitrogen and oxygen atoms in total. The number of aromatic nitrogens is 3. The van der Waals surface area contributed by atoms with Crippen molar-refractivity contribution in [3.05, 3.63) is 29.3 Å². The number of anilines is 1. The molecule has 1 fully saturated rings. The monoisotopic (exact) mass is 440 g/mol. The van der Waals surface area contributed by atoms with Crippen LogP contribution in [0.3, 0.4) is 0 Å². The van der Waals surface area contributed by atoms with E-state index >= 15 is 0 Å². The van der Waals surface area contributed by atoms with Gasteiger partial charge in [0.2, 0.25) is 0 Å². The van der Waals surface area contributed by atoms with Crippen LogP contribution in [-0.2, 0) is 10.2 Å². The van der Waals surface area contributed by atoms with E-state index in [1.54, 1.807) is 7.11 Å². The Labute approximate surface area is 188 Å². The highest BCUT2D eigenvalue weighted by atomic mass is 16.5. The molecule has 0 aliphatic heterocycles. The third-order valence-corrected chi connectivity index (χ3v) is 5.85. The number of rotatable bonds is 7. The van der Waals surface area contributed by atoms with Crippen molar-refractivity contribution in [3.63, 3.8) is 0 Å². The second kappa shape index (κ2) is 8.33. The summed E-state index contributed by atoms with van der Waals surface area (Å²) in [5, 5.41) is 22.8. The molecule has 172 valence electrons. The van der Waals surface area contributed by atoms with Crippen LogP contribution in [0.15, 0.2) is 22.6 Å². The normalized spacial score (nSPS) is 20.9. The van der Waals surface area contributed by atoms with E-state index in [1.165, 1.54) is 0 Å². The molecule has 1 saturated carbocycles. The summed E-state index contributed by atoms with van der Waals surface area (Å²) in [5.74, 6) is 1.21. The van der Waals surface area contributed by atoms with Gasteiger partial charge in [-0.25, -0.2) is 4.98 Å². The molecule has 0 spiro atoms. The van der Waals surface area contributed by atoms with Crippen LogP contribution >= 0.6 is 0 Å². The fourth-order valence-electron chi connectivity index (χ4n) is 4.30. The van der Waals surface area contributed by atoms with E-state index in [0.29, 0.717) is 43.7 Å². The first-order valence-corrected chi connectivity index (χ1v) is 11.0. The Bertz CT molecular complexity index is 1110. The van der Waals surface area contributed by atoms with Gasteiger partial charge >= 0.3 is 6.01 Å². The number of pyridine rings is 1. The molecule has 4 rings (SSSR count). The number of nitrogens with zero attached hydrogens (tertiary/aromatic N) is 3.